The highest BCUT2D eigenvalue weighted by atomic mass is 32.2. The lowest BCUT2D eigenvalue weighted by Crippen LogP contribution is -2.56. The summed E-state index contributed by atoms with van der Waals surface area (Å²) in [5, 5.41) is 2.86. The molecule has 0 aromatic heterocycles. The van der Waals surface area contributed by atoms with Crippen LogP contribution < -0.4 is 5.32 Å². The Labute approximate surface area is 169 Å². The number of alkyl carbamates (subject to hydrolysis) is 1. The first-order valence-corrected chi connectivity index (χ1v) is 11.9. The summed E-state index contributed by atoms with van der Waals surface area (Å²) in [7, 11) is -3.40. The van der Waals surface area contributed by atoms with Crippen molar-refractivity contribution < 1.29 is 22.7 Å². The summed E-state index contributed by atoms with van der Waals surface area (Å²) < 4.78 is 31.8. The number of amides is 2. The van der Waals surface area contributed by atoms with E-state index in [1.165, 1.54) is 4.31 Å². The molecule has 0 aromatic carbocycles. The van der Waals surface area contributed by atoms with E-state index >= 15 is 0 Å². The summed E-state index contributed by atoms with van der Waals surface area (Å²) in [6.07, 6.45) is 3.62. The number of carbonyl (C=O) groups excluding carboxylic acids is 2. The first kappa shape index (κ1) is 22.9. The molecule has 0 aliphatic carbocycles. The fourth-order valence-electron chi connectivity index (χ4n) is 3.79. The molecule has 0 radical (unpaired) electrons. The first-order chi connectivity index (χ1) is 13.0. The molecule has 1 N–H and O–H groups in total. The zero-order valence-corrected chi connectivity index (χ0v) is 18.4. The van der Waals surface area contributed by atoms with Crippen molar-refractivity contribution in [3.05, 3.63) is 0 Å². The van der Waals surface area contributed by atoms with Crippen LogP contribution in [0.15, 0.2) is 0 Å². The van der Waals surface area contributed by atoms with Gasteiger partial charge in [-0.25, -0.2) is 13.2 Å². The van der Waals surface area contributed by atoms with Crippen LogP contribution in [0.1, 0.15) is 66.2 Å². The summed E-state index contributed by atoms with van der Waals surface area (Å²) in [5.41, 5.74) is -0.546. The molecule has 2 aliphatic heterocycles. The number of nitrogens with one attached hydrogen (secondary N) is 1. The van der Waals surface area contributed by atoms with Crippen molar-refractivity contribution in [3.63, 3.8) is 0 Å². The Hall–Kier alpha value is -1.35. The SMILES string of the molecule is CCCS(=O)(=O)N1CCCCC1C(=O)N1CCC(NC(=O)OC(C)(C)C)CC1. The van der Waals surface area contributed by atoms with Crippen LogP contribution in [0, 0.1) is 0 Å². The van der Waals surface area contributed by atoms with Gasteiger partial charge >= 0.3 is 6.09 Å². The fraction of sp³-hybridized carbons (Fsp3) is 0.895. The monoisotopic (exact) mass is 417 g/mol. The Morgan fingerprint density at radius 2 is 1.71 bits per heavy atom. The highest BCUT2D eigenvalue weighted by Gasteiger charge is 2.39. The van der Waals surface area contributed by atoms with E-state index in [-0.39, 0.29) is 17.7 Å². The molecule has 8 nitrogen and oxygen atoms in total. The summed E-state index contributed by atoms with van der Waals surface area (Å²) in [6, 6.07) is -0.620. The van der Waals surface area contributed by atoms with E-state index in [1.54, 1.807) is 4.90 Å². The van der Waals surface area contributed by atoms with Gasteiger partial charge in [-0.2, -0.15) is 4.31 Å². The van der Waals surface area contributed by atoms with Gasteiger partial charge in [-0.15, -0.1) is 0 Å². The Morgan fingerprint density at radius 3 is 2.29 bits per heavy atom. The maximum atomic E-state index is 13.0. The van der Waals surface area contributed by atoms with Crippen molar-refractivity contribution in [2.75, 3.05) is 25.4 Å². The molecule has 0 bridgehead atoms. The van der Waals surface area contributed by atoms with E-state index in [1.807, 2.05) is 27.7 Å². The second kappa shape index (κ2) is 9.43. The molecule has 0 saturated carbocycles. The zero-order chi connectivity index (χ0) is 20.9. The first-order valence-electron chi connectivity index (χ1n) is 10.3. The minimum atomic E-state index is -3.40. The van der Waals surface area contributed by atoms with Crippen molar-refractivity contribution in [2.45, 2.75) is 83.9 Å². The van der Waals surface area contributed by atoms with Gasteiger partial charge in [-0.05, 0) is 52.9 Å². The van der Waals surface area contributed by atoms with E-state index in [0.29, 0.717) is 45.3 Å². The molecule has 162 valence electrons. The number of sulfonamides is 1. The third kappa shape index (κ3) is 6.34. The smallest absolute Gasteiger partial charge is 0.407 e. The highest BCUT2D eigenvalue weighted by molar-refractivity contribution is 7.89. The number of rotatable bonds is 5. The molecule has 2 heterocycles. The molecule has 2 saturated heterocycles. The van der Waals surface area contributed by atoms with Crippen LogP contribution in [0.3, 0.4) is 0 Å². The molecule has 2 rings (SSSR count). The van der Waals surface area contributed by atoms with Crippen LogP contribution in [0.4, 0.5) is 4.79 Å². The molecular formula is C19H35N3O5S. The van der Waals surface area contributed by atoms with Gasteiger partial charge in [0.1, 0.15) is 11.6 Å². The predicted octanol–water partition coefficient (Wildman–Crippen LogP) is 2.10. The van der Waals surface area contributed by atoms with Gasteiger partial charge in [0.05, 0.1) is 5.75 Å². The number of hydrogen-bond donors (Lipinski definition) is 1. The second-order valence-electron chi connectivity index (χ2n) is 8.68. The number of likely N-dealkylation sites (tertiary alicyclic amines) is 1. The number of ether oxygens (including phenoxy) is 1. The number of hydrogen-bond acceptors (Lipinski definition) is 5. The normalized spacial score (nSPS) is 22.7. The van der Waals surface area contributed by atoms with Crippen LogP contribution in [-0.4, -0.2) is 72.7 Å². The standard InChI is InChI=1S/C19H35N3O5S/c1-5-14-28(25,26)22-11-7-6-8-16(22)17(23)21-12-9-15(10-13-21)20-18(24)27-19(2,3)4/h15-16H,5-14H2,1-4H3,(H,20,24). The molecule has 9 heteroatoms. The minimum Gasteiger partial charge on any atom is -0.444 e. The predicted molar refractivity (Wildman–Crippen MR) is 107 cm³/mol. The van der Waals surface area contributed by atoms with E-state index in [9.17, 15) is 18.0 Å². The van der Waals surface area contributed by atoms with Gasteiger partial charge in [0.25, 0.3) is 0 Å². The van der Waals surface area contributed by atoms with Crippen LogP contribution >= 0.6 is 0 Å². The second-order valence-corrected chi connectivity index (χ2v) is 10.7. The van der Waals surface area contributed by atoms with Crippen molar-refractivity contribution in [2.24, 2.45) is 0 Å². The Bertz CT molecular complexity index is 651. The third-order valence-electron chi connectivity index (χ3n) is 5.09. The van der Waals surface area contributed by atoms with Gasteiger partial charge in [-0.3, -0.25) is 4.79 Å². The maximum Gasteiger partial charge on any atom is 0.407 e. The molecule has 28 heavy (non-hydrogen) atoms. The molecule has 1 atom stereocenters. The maximum absolute atomic E-state index is 13.0. The lowest BCUT2D eigenvalue weighted by Gasteiger charge is -2.39. The summed E-state index contributed by atoms with van der Waals surface area (Å²) >= 11 is 0. The van der Waals surface area contributed by atoms with Gasteiger partial charge in [0.15, 0.2) is 0 Å². The van der Waals surface area contributed by atoms with Crippen LogP contribution in [-0.2, 0) is 19.6 Å². The van der Waals surface area contributed by atoms with Gasteiger partial charge in [0, 0.05) is 25.7 Å². The lowest BCUT2D eigenvalue weighted by atomic mass is 10.0. The van der Waals surface area contributed by atoms with E-state index in [4.69, 9.17) is 4.74 Å². The van der Waals surface area contributed by atoms with Crippen LogP contribution in [0.5, 0.6) is 0 Å². The van der Waals surface area contributed by atoms with Crippen molar-refractivity contribution in [1.29, 1.82) is 0 Å². The number of piperidine rings is 2. The molecular weight excluding hydrogens is 382 g/mol. The largest absolute Gasteiger partial charge is 0.444 e. The third-order valence-corrected chi connectivity index (χ3v) is 7.16. The highest BCUT2D eigenvalue weighted by Crippen LogP contribution is 2.24. The molecule has 0 spiro atoms. The topological polar surface area (TPSA) is 96.0 Å². The number of nitrogens with zero attached hydrogens (tertiary/aromatic N) is 2. The minimum absolute atomic E-state index is 0.0369. The van der Waals surface area contributed by atoms with Gasteiger partial charge in [0.2, 0.25) is 15.9 Å². The summed E-state index contributed by atoms with van der Waals surface area (Å²) in [6.45, 7) is 8.73. The summed E-state index contributed by atoms with van der Waals surface area (Å²) in [4.78, 5) is 26.7. The Kier molecular flexibility index (Phi) is 7.73. The van der Waals surface area contributed by atoms with E-state index in [2.05, 4.69) is 5.32 Å². The quantitative estimate of drug-likeness (QED) is 0.739. The van der Waals surface area contributed by atoms with Crippen molar-refractivity contribution >= 4 is 22.0 Å². The fourth-order valence-corrected chi connectivity index (χ4v) is 5.53. The van der Waals surface area contributed by atoms with Crippen LogP contribution in [0.25, 0.3) is 0 Å². The van der Waals surface area contributed by atoms with Crippen molar-refractivity contribution in [1.82, 2.24) is 14.5 Å². The molecule has 2 aliphatic rings. The molecule has 0 aromatic rings. The molecule has 2 fully saturated rings. The average Bonchev–Trinajstić information content (AvgIpc) is 2.60. The van der Waals surface area contributed by atoms with Crippen molar-refractivity contribution in [3.8, 4) is 0 Å². The zero-order valence-electron chi connectivity index (χ0n) is 17.6. The van der Waals surface area contributed by atoms with Crippen LogP contribution in [0.2, 0.25) is 0 Å². The molecule has 2 amide bonds. The molecule has 1 unspecified atom stereocenters. The lowest BCUT2D eigenvalue weighted by molar-refractivity contribution is -0.137. The Balaban J connectivity index is 1.92. The van der Waals surface area contributed by atoms with Gasteiger partial charge in [-0.1, -0.05) is 13.3 Å². The average molecular weight is 418 g/mol. The van der Waals surface area contributed by atoms with E-state index < -0.39 is 27.8 Å². The Morgan fingerprint density at radius 1 is 1.07 bits per heavy atom. The van der Waals surface area contributed by atoms with Gasteiger partial charge < -0.3 is 15.0 Å². The van der Waals surface area contributed by atoms with E-state index in [0.717, 1.165) is 12.8 Å². The summed E-state index contributed by atoms with van der Waals surface area (Å²) in [5.74, 6) is -0.0198. The number of carbonyl (C=O) groups is 2.